The molecule has 0 amide bonds. The lowest BCUT2D eigenvalue weighted by atomic mass is 10.0. The fourth-order valence-corrected chi connectivity index (χ4v) is 0.930. The maximum absolute atomic E-state index is 7.06. The molecule has 0 spiro atoms. The topological polar surface area (TPSA) is 23.9 Å². The molecule has 1 aromatic rings. The molecule has 1 aromatic carbocycles. The van der Waals surface area contributed by atoms with Crippen molar-refractivity contribution in [2.75, 3.05) is 0 Å². The lowest BCUT2D eigenvalue weighted by molar-refractivity contribution is 1.32. The van der Waals surface area contributed by atoms with E-state index in [9.17, 15) is 0 Å². The van der Waals surface area contributed by atoms with Crippen LogP contribution < -0.4 is 0 Å². The number of rotatable bonds is 1. The molecular weight excluding hydrogens is 122 g/mol. The molecule has 0 aliphatic carbocycles. The zero-order valence-electron chi connectivity index (χ0n) is 6.31. The molecule has 0 unspecified atom stereocenters. The summed E-state index contributed by atoms with van der Waals surface area (Å²) in [5.41, 5.74) is 3.47. The van der Waals surface area contributed by atoms with Gasteiger partial charge in [0.15, 0.2) is 0 Å². The van der Waals surface area contributed by atoms with Crippen LogP contribution in [0, 0.1) is 19.3 Å². The summed E-state index contributed by atoms with van der Waals surface area (Å²) < 4.78 is 0. The van der Waals surface area contributed by atoms with Gasteiger partial charge >= 0.3 is 0 Å². The smallest absolute Gasteiger partial charge is 0.0253 e. The Balaban J connectivity index is 3.27. The van der Waals surface area contributed by atoms with Crippen LogP contribution in [0.1, 0.15) is 16.7 Å². The molecule has 0 aliphatic heterocycles. The Kier molecular flexibility index (Phi) is 1.86. The highest BCUT2D eigenvalue weighted by atomic mass is 14.3. The summed E-state index contributed by atoms with van der Waals surface area (Å²) >= 11 is 0. The van der Waals surface area contributed by atoms with Gasteiger partial charge in [0.1, 0.15) is 0 Å². The Morgan fingerprint density at radius 2 is 2.00 bits per heavy atom. The van der Waals surface area contributed by atoms with Crippen molar-refractivity contribution in [1.29, 1.82) is 5.41 Å². The van der Waals surface area contributed by atoms with Crippen LogP contribution >= 0.6 is 0 Å². The summed E-state index contributed by atoms with van der Waals surface area (Å²) in [7, 11) is 0. The van der Waals surface area contributed by atoms with Crippen LogP contribution in [-0.4, -0.2) is 6.21 Å². The molecule has 52 valence electrons. The highest BCUT2D eigenvalue weighted by molar-refractivity contribution is 5.79. The van der Waals surface area contributed by atoms with Crippen LogP contribution in [0.4, 0.5) is 0 Å². The predicted octanol–water partition coefficient (Wildman–Crippen LogP) is 2.30. The summed E-state index contributed by atoms with van der Waals surface area (Å²) in [6.45, 7) is 4.10. The predicted molar refractivity (Wildman–Crippen MR) is 43.8 cm³/mol. The molecule has 0 heterocycles. The molecule has 0 aliphatic rings. The molecule has 1 heteroatoms. The molecule has 1 rings (SSSR count). The highest BCUT2D eigenvalue weighted by Crippen LogP contribution is 2.09. The Labute approximate surface area is 61.2 Å². The lowest BCUT2D eigenvalue weighted by Crippen LogP contribution is -1.87. The van der Waals surface area contributed by atoms with Crippen molar-refractivity contribution < 1.29 is 0 Å². The van der Waals surface area contributed by atoms with Crippen LogP contribution in [0.5, 0.6) is 0 Å². The van der Waals surface area contributed by atoms with Crippen LogP contribution in [0.25, 0.3) is 0 Å². The number of hydrogen-bond donors (Lipinski definition) is 1. The number of benzene rings is 1. The number of hydrogen-bond acceptors (Lipinski definition) is 1. The standard InChI is InChI=1S/C9H11N/c1-7-4-3-5-9(6-10)8(7)2/h3-6,10H,1-2H3. The van der Waals surface area contributed by atoms with E-state index < -0.39 is 0 Å². The van der Waals surface area contributed by atoms with Gasteiger partial charge in [-0.05, 0) is 30.5 Å². The van der Waals surface area contributed by atoms with Gasteiger partial charge in [0, 0.05) is 6.21 Å². The average Bonchev–Trinajstić information content (AvgIpc) is 1.95. The van der Waals surface area contributed by atoms with E-state index in [0.29, 0.717) is 0 Å². The minimum atomic E-state index is 1.01. The molecular formula is C9H11N. The van der Waals surface area contributed by atoms with Gasteiger partial charge in [-0.2, -0.15) is 0 Å². The van der Waals surface area contributed by atoms with Crippen molar-refractivity contribution in [3.8, 4) is 0 Å². The van der Waals surface area contributed by atoms with Crippen LogP contribution in [0.15, 0.2) is 18.2 Å². The monoisotopic (exact) mass is 133 g/mol. The third-order valence-corrected chi connectivity index (χ3v) is 1.80. The van der Waals surface area contributed by atoms with E-state index in [0.717, 1.165) is 5.56 Å². The number of aryl methyl sites for hydroxylation is 1. The molecule has 1 N–H and O–H groups in total. The van der Waals surface area contributed by atoms with Gasteiger partial charge in [-0.15, -0.1) is 0 Å². The Hall–Kier alpha value is -1.11. The van der Waals surface area contributed by atoms with Crippen molar-refractivity contribution in [3.05, 3.63) is 34.9 Å². The first-order chi connectivity index (χ1) is 4.75. The first kappa shape index (κ1) is 7.00. The summed E-state index contributed by atoms with van der Waals surface area (Å²) in [6.07, 6.45) is 1.39. The molecule has 0 radical (unpaired) electrons. The first-order valence-corrected chi connectivity index (χ1v) is 3.32. The van der Waals surface area contributed by atoms with Crippen molar-refractivity contribution in [2.24, 2.45) is 0 Å². The van der Waals surface area contributed by atoms with E-state index in [2.05, 4.69) is 13.0 Å². The third-order valence-electron chi connectivity index (χ3n) is 1.80. The Morgan fingerprint density at radius 3 is 2.50 bits per heavy atom. The molecule has 1 nitrogen and oxygen atoms in total. The second-order valence-electron chi connectivity index (χ2n) is 2.43. The minimum Gasteiger partial charge on any atom is -0.308 e. The van der Waals surface area contributed by atoms with Crippen LogP contribution in [0.2, 0.25) is 0 Å². The average molecular weight is 133 g/mol. The minimum absolute atomic E-state index is 1.01. The third kappa shape index (κ3) is 1.08. The van der Waals surface area contributed by atoms with Gasteiger partial charge < -0.3 is 5.41 Å². The van der Waals surface area contributed by atoms with E-state index in [-0.39, 0.29) is 0 Å². The van der Waals surface area contributed by atoms with E-state index in [1.165, 1.54) is 17.3 Å². The quantitative estimate of drug-likeness (QED) is 0.568. The maximum Gasteiger partial charge on any atom is 0.0253 e. The highest BCUT2D eigenvalue weighted by Gasteiger charge is 1.94. The van der Waals surface area contributed by atoms with E-state index in [1.807, 2.05) is 19.1 Å². The van der Waals surface area contributed by atoms with Crippen molar-refractivity contribution >= 4 is 6.21 Å². The fraction of sp³-hybridized carbons (Fsp3) is 0.222. The normalized spacial score (nSPS) is 9.40. The van der Waals surface area contributed by atoms with Gasteiger partial charge in [0.25, 0.3) is 0 Å². The van der Waals surface area contributed by atoms with Crippen LogP contribution in [0.3, 0.4) is 0 Å². The molecule has 0 saturated heterocycles. The van der Waals surface area contributed by atoms with Gasteiger partial charge in [-0.1, -0.05) is 18.2 Å². The maximum atomic E-state index is 7.06. The molecule has 10 heavy (non-hydrogen) atoms. The molecule has 0 aromatic heterocycles. The van der Waals surface area contributed by atoms with E-state index in [1.54, 1.807) is 0 Å². The van der Waals surface area contributed by atoms with Crippen LogP contribution in [-0.2, 0) is 0 Å². The molecule has 0 atom stereocenters. The molecule has 0 saturated carbocycles. The van der Waals surface area contributed by atoms with Crippen molar-refractivity contribution in [1.82, 2.24) is 0 Å². The zero-order chi connectivity index (χ0) is 7.56. The van der Waals surface area contributed by atoms with E-state index in [4.69, 9.17) is 5.41 Å². The molecule has 0 fully saturated rings. The number of nitrogens with one attached hydrogen (secondary N) is 1. The van der Waals surface area contributed by atoms with Crippen molar-refractivity contribution in [2.45, 2.75) is 13.8 Å². The van der Waals surface area contributed by atoms with Gasteiger partial charge in [0.05, 0.1) is 0 Å². The Bertz CT molecular complexity index is 251. The fourth-order valence-electron chi connectivity index (χ4n) is 0.930. The summed E-state index contributed by atoms with van der Waals surface area (Å²) in [5.74, 6) is 0. The second kappa shape index (κ2) is 2.65. The first-order valence-electron chi connectivity index (χ1n) is 3.32. The molecule has 0 bridgehead atoms. The van der Waals surface area contributed by atoms with E-state index >= 15 is 0 Å². The second-order valence-corrected chi connectivity index (χ2v) is 2.43. The summed E-state index contributed by atoms with van der Waals surface area (Å²) in [4.78, 5) is 0. The SMILES string of the molecule is Cc1cccc(C=N)c1C. The van der Waals surface area contributed by atoms with Gasteiger partial charge in [-0.3, -0.25) is 0 Å². The zero-order valence-corrected chi connectivity index (χ0v) is 6.31. The lowest BCUT2D eigenvalue weighted by Gasteiger charge is -2.01. The van der Waals surface area contributed by atoms with Crippen molar-refractivity contribution in [3.63, 3.8) is 0 Å². The largest absolute Gasteiger partial charge is 0.308 e. The summed E-state index contributed by atoms with van der Waals surface area (Å²) in [6, 6.07) is 5.99. The van der Waals surface area contributed by atoms with Gasteiger partial charge in [0.2, 0.25) is 0 Å². The Morgan fingerprint density at radius 1 is 1.30 bits per heavy atom. The van der Waals surface area contributed by atoms with Gasteiger partial charge in [-0.25, -0.2) is 0 Å². The summed E-state index contributed by atoms with van der Waals surface area (Å²) in [5, 5.41) is 7.06.